The molecule has 3 heterocycles. The molecule has 0 bridgehead atoms. The monoisotopic (exact) mass is 390 g/mol. The van der Waals surface area contributed by atoms with E-state index in [-0.39, 0.29) is 12.1 Å². The molecule has 2 atom stereocenters. The Morgan fingerprint density at radius 3 is 2.42 bits per heavy atom. The van der Waals surface area contributed by atoms with Crippen LogP contribution in [0.5, 0.6) is 0 Å². The Bertz CT molecular complexity index is 848. The fourth-order valence-corrected chi connectivity index (χ4v) is 7.36. The number of hydrogen-bond donors (Lipinski definition) is 0. The summed E-state index contributed by atoms with van der Waals surface area (Å²) in [4.78, 5) is 7.40. The Labute approximate surface area is 160 Å². The standard InChI is InChI=1S/C20H26N2O2S2/c1-2-10-21-11-12-22(19-15-26(23,24)14-18(19)21)13-17-8-9-20(25-17)16-6-4-3-5-7-16/h3-9,18-19H,2,10-15H2,1H3/t18-,19+/m0/s1. The first-order valence-corrected chi connectivity index (χ1v) is 12.0. The van der Waals surface area contributed by atoms with Gasteiger partial charge in [-0.3, -0.25) is 9.80 Å². The molecule has 1 aromatic carbocycles. The normalized spacial score (nSPS) is 26.0. The van der Waals surface area contributed by atoms with Crippen molar-refractivity contribution in [3.05, 3.63) is 47.3 Å². The summed E-state index contributed by atoms with van der Waals surface area (Å²) < 4.78 is 24.6. The maximum atomic E-state index is 12.3. The molecule has 2 aliphatic heterocycles. The minimum Gasteiger partial charge on any atom is -0.297 e. The van der Waals surface area contributed by atoms with Crippen LogP contribution >= 0.6 is 11.3 Å². The number of piperazine rings is 1. The summed E-state index contributed by atoms with van der Waals surface area (Å²) >= 11 is 1.82. The van der Waals surface area contributed by atoms with Gasteiger partial charge in [-0.05, 0) is 30.7 Å². The molecule has 2 aromatic rings. The van der Waals surface area contributed by atoms with Gasteiger partial charge in [0.1, 0.15) is 0 Å². The van der Waals surface area contributed by atoms with Crippen molar-refractivity contribution in [3.8, 4) is 10.4 Å². The van der Waals surface area contributed by atoms with E-state index in [0.29, 0.717) is 11.5 Å². The molecule has 0 unspecified atom stereocenters. The first-order valence-electron chi connectivity index (χ1n) is 9.38. The minimum atomic E-state index is -2.92. The first-order chi connectivity index (χ1) is 12.6. The Kier molecular flexibility index (Phi) is 5.19. The topological polar surface area (TPSA) is 40.6 Å². The van der Waals surface area contributed by atoms with Crippen molar-refractivity contribution in [2.45, 2.75) is 32.0 Å². The van der Waals surface area contributed by atoms with Crippen molar-refractivity contribution in [3.63, 3.8) is 0 Å². The SMILES string of the molecule is CCCN1CCN(Cc2ccc(-c3ccccc3)s2)[C@@H]2CS(=O)(=O)C[C@@H]21. The number of rotatable bonds is 5. The molecule has 0 aliphatic carbocycles. The number of hydrogen-bond acceptors (Lipinski definition) is 5. The third-order valence-electron chi connectivity index (χ3n) is 5.50. The Morgan fingerprint density at radius 2 is 1.69 bits per heavy atom. The van der Waals surface area contributed by atoms with Crippen molar-refractivity contribution < 1.29 is 8.42 Å². The van der Waals surface area contributed by atoms with Gasteiger partial charge in [0.25, 0.3) is 0 Å². The zero-order chi connectivity index (χ0) is 18.1. The van der Waals surface area contributed by atoms with Gasteiger partial charge < -0.3 is 0 Å². The molecule has 26 heavy (non-hydrogen) atoms. The third-order valence-corrected chi connectivity index (χ3v) is 8.31. The van der Waals surface area contributed by atoms with Crippen molar-refractivity contribution >= 4 is 21.2 Å². The van der Waals surface area contributed by atoms with Gasteiger partial charge in [-0.15, -0.1) is 11.3 Å². The highest BCUT2D eigenvalue weighted by Crippen LogP contribution is 2.32. The van der Waals surface area contributed by atoms with Crippen molar-refractivity contribution in [1.82, 2.24) is 9.80 Å². The van der Waals surface area contributed by atoms with Crippen molar-refractivity contribution in [2.75, 3.05) is 31.1 Å². The molecule has 0 spiro atoms. The molecule has 4 rings (SSSR count). The molecule has 1 aromatic heterocycles. The molecule has 2 aliphatic rings. The lowest BCUT2D eigenvalue weighted by Crippen LogP contribution is -2.58. The maximum Gasteiger partial charge on any atom is 0.153 e. The fraction of sp³-hybridized carbons (Fsp3) is 0.500. The fourth-order valence-electron chi connectivity index (χ4n) is 4.28. The lowest BCUT2D eigenvalue weighted by Gasteiger charge is -2.43. The lowest BCUT2D eigenvalue weighted by molar-refractivity contribution is 0.0412. The highest BCUT2D eigenvalue weighted by atomic mass is 32.2. The summed E-state index contributed by atoms with van der Waals surface area (Å²) in [5.41, 5.74) is 1.25. The van der Waals surface area contributed by atoms with Crippen LogP contribution < -0.4 is 0 Å². The van der Waals surface area contributed by atoms with Crippen LogP contribution in [0.25, 0.3) is 10.4 Å². The van der Waals surface area contributed by atoms with Crippen molar-refractivity contribution in [1.29, 1.82) is 0 Å². The minimum absolute atomic E-state index is 0.141. The molecular formula is C20H26N2O2S2. The quantitative estimate of drug-likeness (QED) is 0.787. The van der Waals surface area contributed by atoms with Crippen LogP contribution in [0.2, 0.25) is 0 Å². The number of benzene rings is 1. The Hall–Kier alpha value is -1.21. The van der Waals surface area contributed by atoms with Gasteiger partial charge in [0.05, 0.1) is 11.5 Å². The van der Waals surface area contributed by atoms with E-state index in [4.69, 9.17) is 0 Å². The zero-order valence-electron chi connectivity index (χ0n) is 15.2. The first kappa shape index (κ1) is 18.2. The molecule has 140 valence electrons. The van der Waals surface area contributed by atoms with Crippen LogP contribution in [0.3, 0.4) is 0 Å². The van der Waals surface area contributed by atoms with Crippen LogP contribution in [0.1, 0.15) is 18.2 Å². The summed E-state index contributed by atoms with van der Waals surface area (Å²) in [5, 5.41) is 0. The highest BCUT2D eigenvalue weighted by molar-refractivity contribution is 7.91. The summed E-state index contributed by atoms with van der Waals surface area (Å²) in [7, 11) is -2.92. The van der Waals surface area contributed by atoms with E-state index >= 15 is 0 Å². The molecule has 0 N–H and O–H groups in total. The predicted octanol–water partition coefficient (Wildman–Crippen LogP) is 3.11. The van der Waals surface area contributed by atoms with Crippen LogP contribution in [-0.2, 0) is 16.4 Å². The largest absolute Gasteiger partial charge is 0.297 e. The van der Waals surface area contributed by atoms with Gasteiger partial charge in [0.15, 0.2) is 9.84 Å². The lowest BCUT2D eigenvalue weighted by atomic mass is 10.0. The summed E-state index contributed by atoms with van der Waals surface area (Å²) in [6.45, 7) is 5.95. The predicted molar refractivity (Wildman–Crippen MR) is 108 cm³/mol. The summed E-state index contributed by atoms with van der Waals surface area (Å²) in [5.74, 6) is 0.642. The second-order valence-electron chi connectivity index (χ2n) is 7.35. The van der Waals surface area contributed by atoms with Gasteiger partial charge >= 0.3 is 0 Å². The Balaban J connectivity index is 1.51. The van der Waals surface area contributed by atoms with Crippen LogP contribution in [0.15, 0.2) is 42.5 Å². The average molecular weight is 391 g/mol. The van der Waals surface area contributed by atoms with Crippen LogP contribution in [0.4, 0.5) is 0 Å². The van der Waals surface area contributed by atoms with Gasteiger partial charge in [-0.1, -0.05) is 37.3 Å². The number of fused-ring (bicyclic) bond motifs is 1. The van der Waals surface area contributed by atoms with E-state index in [9.17, 15) is 8.42 Å². The Morgan fingerprint density at radius 1 is 1.00 bits per heavy atom. The summed E-state index contributed by atoms with van der Waals surface area (Å²) in [6, 6.07) is 15.1. The molecule has 2 saturated heterocycles. The molecule has 0 amide bonds. The van der Waals surface area contributed by atoms with E-state index in [1.54, 1.807) is 0 Å². The number of nitrogens with zero attached hydrogens (tertiary/aromatic N) is 2. The van der Waals surface area contributed by atoms with E-state index in [1.807, 2.05) is 17.4 Å². The second kappa shape index (κ2) is 7.43. The van der Waals surface area contributed by atoms with Crippen molar-refractivity contribution in [2.24, 2.45) is 0 Å². The number of thiophene rings is 1. The second-order valence-corrected chi connectivity index (χ2v) is 10.7. The zero-order valence-corrected chi connectivity index (χ0v) is 16.8. The van der Waals surface area contributed by atoms with E-state index in [0.717, 1.165) is 32.6 Å². The van der Waals surface area contributed by atoms with E-state index in [2.05, 4.69) is 53.1 Å². The number of sulfone groups is 1. The molecule has 0 radical (unpaired) electrons. The van der Waals surface area contributed by atoms with Crippen LogP contribution in [0, 0.1) is 0 Å². The maximum absolute atomic E-state index is 12.3. The van der Waals surface area contributed by atoms with E-state index < -0.39 is 9.84 Å². The smallest absolute Gasteiger partial charge is 0.153 e. The molecule has 0 saturated carbocycles. The molecule has 2 fully saturated rings. The van der Waals surface area contributed by atoms with E-state index in [1.165, 1.54) is 15.3 Å². The van der Waals surface area contributed by atoms with Crippen LogP contribution in [-0.4, -0.2) is 61.4 Å². The summed E-state index contributed by atoms with van der Waals surface area (Å²) in [6.07, 6.45) is 1.08. The third kappa shape index (κ3) is 3.74. The van der Waals surface area contributed by atoms with Gasteiger partial charge in [0, 0.05) is 41.5 Å². The van der Waals surface area contributed by atoms with Gasteiger partial charge in [0.2, 0.25) is 0 Å². The van der Waals surface area contributed by atoms with Gasteiger partial charge in [-0.25, -0.2) is 8.42 Å². The molecule has 6 heteroatoms. The molecular weight excluding hydrogens is 364 g/mol. The molecule has 4 nitrogen and oxygen atoms in total. The van der Waals surface area contributed by atoms with Gasteiger partial charge in [-0.2, -0.15) is 0 Å². The average Bonchev–Trinajstić information content (AvgIpc) is 3.22. The highest BCUT2D eigenvalue weighted by Gasteiger charge is 2.46.